The molecule has 0 spiro atoms. The summed E-state index contributed by atoms with van der Waals surface area (Å²) < 4.78 is 10.7. The largest absolute Gasteiger partial charge is 0.507 e. The lowest BCUT2D eigenvalue weighted by atomic mass is 9.95. The van der Waals surface area contributed by atoms with Crippen LogP contribution in [-0.4, -0.2) is 35.5 Å². The average Bonchev–Trinajstić information content (AvgIpc) is 3.41. The van der Waals surface area contributed by atoms with Crippen LogP contribution in [0.15, 0.2) is 65.7 Å². The molecule has 1 unspecified atom stereocenters. The number of aliphatic hydroxyl groups is 1. The number of methoxy groups -OCH3 is 1. The van der Waals surface area contributed by atoms with Crippen molar-refractivity contribution in [2.45, 2.75) is 13.0 Å². The lowest BCUT2D eigenvalue weighted by molar-refractivity contribution is -0.132. The molecule has 1 saturated heterocycles. The number of aromatic nitrogens is 1. The molecule has 0 aliphatic carbocycles. The fraction of sp³-hybridized carbons (Fsp3) is 0.174. The number of thiazole rings is 1. The van der Waals surface area contributed by atoms with E-state index in [1.54, 1.807) is 60.1 Å². The van der Waals surface area contributed by atoms with E-state index in [0.717, 1.165) is 0 Å². The Morgan fingerprint density at radius 3 is 2.58 bits per heavy atom. The quantitative estimate of drug-likeness (QED) is 0.354. The summed E-state index contributed by atoms with van der Waals surface area (Å²) in [6.07, 6.45) is 1.57. The van der Waals surface area contributed by atoms with Crippen LogP contribution < -0.4 is 14.4 Å². The van der Waals surface area contributed by atoms with Gasteiger partial charge in [-0.25, -0.2) is 4.98 Å². The first-order valence-corrected chi connectivity index (χ1v) is 10.5. The minimum Gasteiger partial charge on any atom is -0.507 e. The maximum absolute atomic E-state index is 13.0. The Labute approximate surface area is 183 Å². The zero-order valence-corrected chi connectivity index (χ0v) is 17.8. The van der Waals surface area contributed by atoms with E-state index in [0.29, 0.717) is 34.4 Å². The van der Waals surface area contributed by atoms with Crippen molar-refractivity contribution in [2.75, 3.05) is 18.6 Å². The van der Waals surface area contributed by atoms with Crippen molar-refractivity contribution >= 4 is 33.9 Å². The van der Waals surface area contributed by atoms with E-state index in [1.165, 1.54) is 23.3 Å². The number of hydrogen-bond donors (Lipinski definition) is 1. The number of anilines is 1. The molecular weight excluding hydrogens is 416 g/mol. The molecule has 1 aliphatic heterocycles. The molecule has 3 aromatic rings. The minimum absolute atomic E-state index is 0.00221. The van der Waals surface area contributed by atoms with Gasteiger partial charge in [0.1, 0.15) is 17.3 Å². The molecule has 7 nitrogen and oxygen atoms in total. The molecule has 2 heterocycles. The van der Waals surface area contributed by atoms with Gasteiger partial charge in [0.15, 0.2) is 5.13 Å². The van der Waals surface area contributed by atoms with E-state index in [2.05, 4.69) is 4.98 Å². The Morgan fingerprint density at radius 2 is 1.94 bits per heavy atom. The zero-order chi connectivity index (χ0) is 22.0. The van der Waals surface area contributed by atoms with Gasteiger partial charge in [-0.05, 0) is 36.8 Å². The van der Waals surface area contributed by atoms with Crippen LogP contribution in [-0.2, 0) is 9.59 Å². The van der Waals surface area contributed by atoms with Gasteiger partial charge in [-0.3, -0.25) is 14.5 Å². The second kappa shape index (κ2) is 8.61. The van der Waals surface area contributed by atoms with E-state index in [4.69, 9.17) is 9.47 Å². The van der Waals surface area contributed by atoms with Crippen LogP contribution in [0.4, 0.5) is 5.13 Å². The summed E-state index contributed by atoms with van der Waals surface area (Å²) in [7, 11) is 1.51. The van der Waals surface area contributed by atoms with Crippen molar-refractivity contribution in [3.63, 3.8) is 0 Å². The molecule has 1 fully saturated rings. The third-order valence-corrected chi connectivity index (χ3v) is 5.69. The molecular formula is C23H20N2O5S. The van der Waals surface area contributed by atoms with Gasteiger partial charge < -0.3 is 14.6 Å². The highest BCUT2D eigenvalue weighted by Gasteiger charge is 2.48. The summed E-state index contributed by atoms with van der Waals surface area (Å²) in [6.45, 7) is 2.41. The van der Waals surface area contributed by atoms with Gasteiger partial charge in [0.25, 0.3) is 5.78 Å². The number of hydrogen-bond acceptors (Lipinski definition) is 7. The lowest BCUT2D eigenvalue weighted by Crippen LogP contribution is -2.29. The SMILES string of the molecule is CCOc1ccc(C2C(=C(O)c3cccc(OC)c3)C(=O)C(=O)N2c2nccs2)cc1. The number of rotatable bonds is 6. The number of aliphatic hydroxyl groups excluding tert-OH is 1. The van der Waals surface area contributed by atoms with Crippen molar-refractivity contribution in [1.82, 2.24) is 4.98 Å². The molecule has 1 atom stereocenters. The summed E-state index contributed by atoms with van der Waals surface area (Å²) in [5, 5.41) is 13.2. The van der Waals surface area contributed by atoms with Gasteiger partial charge in [0, 0.05) is 17.1 Å². The molecule has 4 rings (SSSR count). The van der Waals surface area contributed by atoms with E-state index in [9.17, 15) is 14.7 Å². The number of ketones is 1. The number of ether oxygens (including phenoxy) is 2. The van der Waals surface area contributed by atoms with E-state index >= 15 is 0 Å². The molecule has 1 N–H and O–H groups in total. The van der Waals surface area contributed by atoms with Gasteiger partial charge >= 0.3 is 5.91 Å². The Kier molecular flexibility index (Phi) is 5.73. The fourth-order valence-corrected chi connectivity index (χ4v) is 4.19. The number of nitrogens with zero attached hydrogens (tertiary/aromatic N) is 2. The number of amides is 1. The van der Waals surface area contributed by atoms with Gasteiger partial charge in [-0.2, -0.15) is 0 Å². The predicted molar refractivity (Wildman–Crippen MR) is 118 cm³/mol. The number of carbonyl (C=O) groups excluding carboxylic acids is 2. The maximum atomic E-state index is 13.0. The molecule has 1 amide bonds. The van der Waals surface area contributed by atoms with Crippen LogP contribution in [0.25, 0.3) is 5.76 Å². The van der Waals surface area contributed by atoms with Crippen molar-refractivity contribution in [2.24, 2.45) is 0 Å². The first-order valence-electron chi connectivity index (χ1n) is 9.62. The van der Waals surface area contributed by atoms with Crippen LogP contribution in [0.1, 0.15) is 24.1 Å². The molecule has 31 heavy (non-hydrogen) atoms. The van der Waals surface area contributed by atoms with Gasteiger partial charge in [0.05, 0.1) is 25.3 Å². The maximum Gasteiger partial charge on any atom is 0.301 e. The van der Waals surface area contributed by atoms with Gasteiger partial charge in [-0.1, -0.05) is 24.3 Å². The fourth-order valence-electron chi connectivity index (χ4n) is 3.52. The Morgan fingerprint density at radius 1 is 1.16 bits per heavy atom. The molecule has 0 saturated carbocycles. The Hall–Kier alpha value is -3.65. The van der Waals surface area contributed by atoms with Crippen LogP contribution in [0.2, 0.25) is 0 Å². The van der Waals surface area contributed by atoms with Crippen LogP contribution in [0, 0.1) is 0 Å². The first kappa shape index (κ1) is 20.6. The van der Waals surface area contributed by atoms with Crippen LogP contribution >= 0.6 is 11.3 Å². The van der Waals surface area contributed by atoms with Crippen molar-refractivity contribution in [3.05, 3.63) is 76.8 Å². The Balaban J connectivity index is 1.89. The monoisotopic (exact) mass is 436 g/mol. The van der Waals surface area contributed by atoms with E-state index in [1.807, 2.05) is 6.92 Å². The highest BCUT2D eigenvalue weighted by atomic mass is 32.1. The van der Waals surface area contributed by atoms with E-state index in [-0.39, 0.29) is 11.3 Å². The topological polar surface area (TPSA) is 89.0 Å². The predicted octanol–water partition coefficient (Wildman–Crippen LogP) is 4.18. The normalized spacial score (nSPS) is 17.7. The molecule has 0 radical (unpaired) electrons. The van der Waals surface area contributed by atoms with Crippen LogP contribution in [0.5, 0.6) is 11.5 Å². The molecule has 158 valence electrons. The lowest BCUT2D eigenvalue weighted by Gasteiger charge is -2.23. The number of Topliss-reactive ketones (excluding diaryl/α,β-unsaturated/α-hetero) is 1. The Bertz CT molecular complexity index is 1140. The second-order valence-electron chi connectivity index (χ2n) is 6.72. The number of carbonyl (C=O) groups is 2. The van der Waals surface area contributed by atoms with Gasteiger partial charge in [-0.15, -0.1) is 11.3 Å². The summed E-state index contributed by atoms with van der Waals surface area (Å²) >= 11 is 1.24. The number of benzene rings is 2. The third-order valence-electron chi connectivity index (χ3n) is 4.92. The van der Waals surface area contributed by atoms with Crippen molar-refractivity contribution in [3.8, 4) is 11.5 Å². The summed E-state index contributed by atoms with van der Waals surface area (Å²) in [5.74, 6) is -0.580. The molecule has 1 aromatic heterocycles. The second-order valence-corrected chi connectivity index (χ2v) is 7.59. The summed E-state index contributed by atoms with van der Waals surface area (Å²) in [4.78, 5) is 31.6. The highest BCUT2D eigenvalue weighted by molar-refractivity contribution is 7.14. The average molecular weight is 436 g/mol. The third kappa shape index (κ3) is 3.77. The molecule has 0 bridgehead atoms. The minimum atomic E-state index is -0.826. The molecule has 2 aromatic carbocycles. The first-order chi connectivity index (χ1) is 15.0. The smallest absolute Gasteiger partial charge is 0.301 e. The zero-order valence-electron chi connectivity index (χ0n) is 16.9. The summed E-state index contributed by atoms with van der Waals surface area (Å²) in [5.41, 5.74) is 1.03. The standard InChI is InChI=1S/C23H20N2O5S/c1-3-30-16-9-7-14(8-10-16)19-18(20(26)15-5-4-6-17(13-15)29-2)21(27)22(28)25(19)23-24-11-12-31-23/h4-13,19,26H,3H2,1-2H3. The van der Waals surface area contributed by atoms with Crippen molar-refractivity contribution in [1.29, 1.82) is 0 Å². The summed E-state index contributed by atoms with van der Waals surface area (Å²) in [6, 6.07) is 13.0. The van der Waals surface area contributed by atoms with Gasteiger partial charge in [0.2, 0.25) is 0 Å². The van der Waals surface area contributed by atoms with Crippen molar-refractivity contribution < 1.29 is 24.2 Å². The van der Waals surface area contributed by atoms with Crippen LogP contribution in [0.3, 0.4) is 0 Å². The molecule has 8 heteroatoms. The highest BCUT2D eigenvalue weighted by Crippen LogP contribution is 2.43. The van der Waals surface area contributed by atoms with E-state index < -0.39 is 17.7 Å². The molecule has 1 aliphatic rings.